The maximum absolute atomic E-state index is 12.0. The summed E-state index contributed by atoms with van der Waals surface area (Å²) in [6.07, 6.45) is 1.55. The monoisotopic (exact) mass is 403 g/mol. The Morgan fingerprint density at radius 2 is 1.64 bits per heavy atom. The van der Waals surface area contributed by atoms with Crippen LogP contribution in [0.15, 0.2) is 53.0 Å². The van der Waals surface area contributed by atoms with Crippen LogP contribution in [-0.4, -0.2) is 25.0 Å². The van der Waals surface area contributed by atoms with Gasteiger partial charge in [-0.25, -0.2) is 4.79 Å². The molecule has 0 aliphatic carbocycles. The number of hydrogen-bond acceptors (Lipinski definition) is 2. The molecule has 0 saturated carbocycles. The normalized spacial score (nSPS) is 10.2. The van der Waals surface area contributed by atoms with Crippen molar-refractivity contribution in [1.82, 2.24) is 10.6 Å². The first kappa shape index (κ1) is 19.0. The Kier molecular flexibility index (Phi) is 7.47. The maximum Gasteiger partial charge on any atom is 0.315 e. The number of rotatable bonds is 7. The number of hydrogen-bond donors (Lipinski definition) is 3. The molecule has 0 fully saturated rings. The molecule has 3 amide bonds. The van der Waals surface area contributed by atoms with Gasteiger partial charge in [-0.3, -0.25) is 4.79 Å². The Morgan fingerprint density at radius 3 is 2.36 bits per heavy atom. The minimum absolute atomic E-state index is 0.0705. The summed E-state index contributed by atoms with van der Waals surface area (Å²) >= 11 is 3.48. The van der Waals surface area contributed by atoms with E-state index < -0.39 is 0 Å². The van der Waals surface area contributed by atoms with Crippen molar-refractivity contribution < 1.29 is 9.59 Å². The van der Waals surface area contributed by atoms with Crippen molar-refractivity contribution in [3.63, 3.8) is 0 Å². The molecule has 0 radical (unpaired) electrons. The van der Waals surface area contributed by atoms with Crippen molar-refractivity contribution in [1.29, 1.82) is 0 Å². The van der Waals surface area contributed by atoms with E-state index in [-0.39, 0.29) is 18.5 Å². The van der Waals surface area contributed by atoms with Crippen molar-refractivity contribution in [2.24, 2.45) is 0 Å². The van der Waals surface area contributed by atoms with Gasteiger partial charge in [-0.15, -0.1) is 0 Å². The second kappa shape index (κ2) is 9.84. The molecule has 3 N–H and O–H groups in total. The fourth-order valence-corrected chi connectivity index (χ4v) is 2.86. The van der Waals surface area contributed by atoms with Crippen LogP contribution in [0.25, 0.3) is 0 Å². The molecule has 2 rings (SSSR count). The van der Waals surface area contributed by atoms with Gasteiger partial charge in [0.1, 0.15) is 0 Å². The Balaban J connectivity index is 1.71. The second-order valence-corrected chi connectivity index (χ2v) is 6.36. The number of benzene rings is 2. The second-order valence-electron chi connectivity index (χ2n) is 5.51. The molecule has 0 aromatic heterocycles. The van der Waals surface area contributed by atoms with Gasteiger partial charge in [0.05, 0.1) is 6.54 Å². The molecule has 5 nitrogen and oxygen atoms in total. The van der Waals surface area contributed by atoms with E-state index in [2.05, 4.69) is 31.9 Å². The molecule has 0 heterocycles. The van der Waals surface area contributed by atoms with Gasteiger partial charge in [-0.05, 0) is 36.1 Å². The fourth-order valence-electron chi connectivity index (χ4n) is 2.38. The molecule has 6 heteroatoms. The zero-order chi connectivity index (χ0) is 18.1. The molecule has 0 atom stereocenters. The summed E-state index contributed by atoms with van der Waals surface area (Å²) in [4.78, 5) is 23.7. The summed E-state index contributed by atoms with van der Waals surface area (Å²) in [7, 11) is 0. The van der Waals surface area contributed by atoms with Crippen molar-refractivity contribution in [2.45, 2.75) is 19.8 Å². The van der Waals surface area contributed by atoms with E-state index in [4.69, 9.17) is 0 Å². The largest absolute Gasteiger partial charge is 0.338 e. The molecule has 0 aliphatic heterocycles. The summed E-state index contributed by atoms with van der Waals surface area (Å²) < 4.78 is 1.02. The highest BCUT2D eigenvalue weighted by atomic mass is 79.9. The quantitative estimate of drug-likeness (QED) is 0.661. The lowest BCUT2D eigenvalue weighted by Crippen LogP contribution is -2.40. The molecule has 2 aromatic rings. The molecule has 0 unspecified atom stereocenters. The van der Waals surface area contributed by atoms with Crippen LogP contribution in [0.3, 0.4) is 0 Å². The number of para-hydroxylation sites is 1. The van der Waals surface area contributed by atoms with E-state index >= 15 is 0 Å². The zero-order valence-electron chi connectivity index (χ0n) is 14.1. The highest BCUT2D eigenvalue weighted by molar-refractivity contribution is 9.10. The SMILES string of the molecule is CCc1ccccc1NC(=O)CNC(=O)NCCc1ccccc1Br. The van der Waals surface area contributed by atoms with Crippen LogP contribution in [0.1, 0.15) is 18.1 Å². The van der Waals surface area contributed by atoms with E-state index in [1.807, 2.05) is 55.5 Å². The van der Waals surface area contributed by atoms with E-state index in [0.29, 0.717) is 13.0 Å². The number of aryl methyl sites for hydroxylation is 1. The minimum atomic E-state index is -0.356. The third kappa shape index (κ3) is 6.23. The first-order valence-corrected chi connectivity index (χ1v) is 9.02. The molecular formula is C19H22BrN3O2. The average Bonchev–Trinajstić information content (AvgIpc) is 2.62. The first-order valence-electron chi connectivity index (χ1n) is 8.23. The molecule has 0 aliphatic rings. The van der Waals surface area contributed by atoms with Crippen molar-refractivity contribution in [2.75, 3.05) is 18.4 Å². The maximum atomic E-state index is 12.0. The summed E-state index contributed by atoms with van der Waals surface area (Å²) in [6, 6.07) is 15.2. The third-order valence-corrected chi connectivity index (χ3v) is 4.49. The van der Waals surface area contributed by atoms with Crippen LogP contribution in [0.2, 0.25) is 0 Å². The molecule has 0 bridgehead atoms. The van der Waals surface area contributed by atoms with Crippen LogP contribution in [0.4, 0.5) is 10.5 Å². The van der Waals surface area contributed by atoms with Crippen LogP contribution >= 0.6 is 15.9 Å². The lowest BCUT2D eigenvalue weighted by molar-refractivity contribution is -0.115. The number of urea groups is 1. The van der Waals surface area contributed by atoms with Gasteiger partial charge in [0, 0.05) is 16.7 Å². The number of anilines is 1. The Labute approximate surface area is 156 Å². The summed E-state index contributed by atoms with van der Waals surface area (Å²) in [5.41, 5.74) is 2.97. The lowest BCUT2D eigenvalue weighted by atomic mass is 10.1. The molecule has 0 spiro atoms. The molecule has 2 aromatic carbocycles. The Hall–Kier alpha value is -2.34. The van der Waals surface area contributed by atoms with Crippen molar-refractivity contribution in [3.05, 3.63) is 64.1 Å². The Morgan fingerprint density at radius 1 is 0.960 bits per heavy atom. The predicted octanol–water partition coefficient (Wildman–Crippen LogP) is 3.49. The third-order valence-electron chi connectivity index (χ3n) is 3.72. The van der Waals surface area contributed by atoms with Crippen molar-refractivity contribution >= 4 is 33.6 Å². The number of carbonyl (C=O) groups is 2. The van der Waals surface area contributed by atoms with Crippen LogP contribution < -0.4 is 16.0 Å². The predicted molar refractivity (Wildman–Crippen MR) is 104 cm³/mol. The van der Waals surface area contributed by atoms with Gasteiger partial charge in [-0.2, -0.15) is 0 Å². The van der Waals surface area contributed by atoms with Gasteiger partial charge < -0.3 is 16.0 Å². The summed E-state index contributed by atoms with van der Waals surface area (Å²) in [5.74, 6) is -0.248. The molecule has 132 valence electrons. The van der Waals surface area contributed by atoms with Gasteiger partial charge in [-0.1, -0.05) is 59.3 Å². The molecule has 25 heavy (non-hydrogen) atoms. The first-order chi connectivity index (χ1) is 12.1. The minimum Gasteiger partial charge on any atom is -0.338 e. The van der Waals surface area contributed by atoms with Crippen molar-refractivity contribution in [3.8, 4) is 0 Å². The lowest BCUT2D eigenvalue weighted by Gasteiger charge is -2.11. The van der Waals surface area contributed by atoms with Gasteiger partial charge in [0.15, 0.2) is 0 Å². The van der Waals surface area contributed by atoms with E-state index in [1.165, 1.54) is 0 Å². The summed E-state index contributed by atoms with van der Waals surface area (Å²) in [5, 5.41) is 8.14. The van der Waals surface area contributed by atoms with Crippen LogP contribution in [0.5, 0.6) is 0 Å². The highest BCUT2D eigenvalue weighted by Crippen LogP contribution is 2.16. The Bertz CT molecular complexity index is 734. The number of halogens is 1. The van der Waals surface area contributed by atoms with Crippen LogP contribution in [-0.2, 0) is 17.6 Å². The number of amides is 3. The van der Waals surface area contributed by atoms with Crippen LogP contribution in [0, 0.1) is 0 Å². The van der Waals surface area contributed by atoms with E-state index in [0.717, 1.165) is 27.7 Å². The molecule has 0 saturated heterocycles. The summed E-state index contributed by atoms with van der Waals surface area (Å²) in [6.45, 7) is 2.45. The number of nitrogens with one attached hydrogen (secondary N) is 3. The fraction of sp³-hybridized carbons (Fsp3) is 0.263. The average molecular weight is 404 g/mol. The van der Waals surface area contributed by atoms with Gasteiger partial charge >= 0.3 is 6.03 Å². The van der Waals surface area contributed by atoms with Gasteiger partial charge in [0.2, 0.25) is 5.91 Å². The van der Waals surface area contributed by atoms with Gasteiger partial charge in [0.25, 0.3) is 0 Å². The molecular weight excluding hydrogens is 382 g/mol. The van der Waals surface area contributed by atoms with E-state index in [1.54, 1.807) is 0 Å². The number of carbonyl (C=O) groups excluding carboxylic acids is 2. The standard InChI is InChI=1S/C19H22BrN3O2/c1-2-14-7-4-6-10-17(14)23-18(24)13-22-19(25)21-12-11-15-8-3-5-9-16(15)20/h3-10H,2,11-13H2,1H3,(H,23,24)(H2,21,22,25). The highest BCUT2D eigenvalue weighted by Gasteiger charge is 2.07. The smallest absolute Gasteiger partial charge is 0.315 e. The van der Waals surface area contributed by atoms with E-state index in [9.17, 15) is 9.59 Å². The topological polar surface area (TPSA) is 70.2 Å². The zero-order valence-corrected chi connectivity index (χ0v) is 15.7.